The number of carbonyl (C=O) groups is 2. The van der Waals surface area contributed by atoms with E-state index in [1.165, 1.54) is 23.1 Å². The highest BCUT2D eigenvalue weighted by Crippen LogP contribution is 2.27. The first-order valence-corrected chi connectivity index (χ1v) is 15.9. The molecule has 0 aromatic heterocycles. The summed E-state index contributed by atoms with van der Waals surface area (Å²) in [4.78, 5) is 29.5. The Kier molecular flexibility index (Phi) is 10.5. The van der Waals surface area contributed by atoms with Gasteiger partial charge in [-0.15, -0.1) is 0 Å². The Labute approximate surface area is 259 Å². The summed E-state index contributed by atoms with van der Waals surface area (Å²) in [6.07, 6.45) is 0.147. The Morgan fingerprint density at radius 3 is 1.98 bits per heavy atom. The standard InChI is InChI=1S/C35H38FN3O4S/c1-25(2)37-35(41)33(22-28-13-7-5-8-14-28)38(23-29-15-11-12-18-32(29)36)34(40)24-39(30-20-26(3)19-27(4)21-30)44(42,43)31-16-9-6-10-17-31/h5-21,25,33H,22-24H2,1-4H3,(H,37,41)/t33-/m0/s1. The molecule has 0 unspecified atom stereocenters. The maximum absolute atomic E-state index is 15.0. The third-order valence-corrected chi connectivity index (χ3v) is 8.89. The van der Waals surface area contributed by atoms with Gasteiger partial charge in [-0.2, -0.15) is 0 Å². The van der Waals surface area contributed by atoms with Crippen molar-refractivity contribution >= 4 is 27.5 Å². The molecule has 1 atom stereocenters. The van der Waals surface area contributed by atoms with Crippen molar-refractivity contribution in [3.63, 3.8) is 0 Å². The van der Waals surface area contributed by atoms with Gasteiger partial charge in [-0.3, -0.25) is 13.9 Å². The number of carbonyl (C=O) groups excluding carboxylic acids is 2. The molecule has 4 aromatic carbocycles. The van der Waals surface area contributed by atoms with Crippen LogP contribution < -0.4 is 9.62 Å². The van der Waals surface area contributed by atoms with Gasteiger partial charge in [0.1, 0.15) is 18.4 Å². The van der Waals surface area contributed by atoms with Gasteiger partial charge in [-0.05, 0) is 74.7 Å². The van der Waals surface area contributed by atoms with E-state index in [0.717, 1.165) is 21.0 Å². The van der Waals surface area contributed by atoms with E-state index in [2.05, 4.69) is 5.32 Å². The highest BCUT2D eigenvalue weighted by atomic mass is 32.2. The van der Waals surface area contributed by atoms with E-state index in [-0.39, 0.29) is 29.5 Å². The SMILES string of the molecule is Cc1cc(C)cc(N(CC(=O)N(Cc2ccccc2F)[C@@H](Cc2ccccc2)C(=O)NC(C)C)S(=O)(=O)c2ccccc2)c1. The van der Waals surface area contributed by atoms with E-state index in [4.69, 9.17) is 0 Å². The van der Waals surface area contributed by atoms with Crippen molar-refractivity contribution in [3.05, 3.63) is 131 Å². The van der Waals surface area contributed by atoms with E-state index < -0.39 is 40.2 Å². The molecule has 0 aliphatic rings. The Morgan fingerprint density at radius 2 is 1.39 bits per heavy atom. The Hall–Kier alpha value is -4.50. The summed E-state index contributed by atoms with van der Waals surface area (Å²) in [5.74, 6) is -1.60. The molecule has 7 nitrogen and oxygen atoms in total. The van der Waals surface area contributed by atoms with Gasteiger partial charge in [0.25, 0.3) is 10.0 Å². The highest BCUT2D eigenvalue weighted by molar-refractivity contribution is 7.92. The van der Waals surface area contributed by atoms with Gasteiger partial charge < -0.3 is 10.2 Å². The van der Waals surface area contributed by atoms with Crippen LogP contribution in [0.15, 0.2) is 108 Å². The monoisotopic (exact) mass is 615 g/mol. The van der Waals surface area contributed by atoms with Crippen molar-refractivity contribution in [2.45, 2.75) is 57.6 Å². The van der Waals surface area contributed by atoms with Crippen LogP contribution in [0.2, 0.25) is 0 Å². The number of amides is 2. The lowest BCUT2D eigenvalue weighted by Crippen LogP contribution is -2.54. The van der Waals surface area contributed by atoms with Crippen LogP contribution in [0.5, 0.6) is 0 Å². The molecule has 0 aliphatic carbocycles. The van der Waals surface area contributed by atoms with E-state index in [1.54, 1.807) is 48.5 Å². The fraction of sp³-hybridized carbons (Fsp3) is 0.257. The van der Waals surface area contributed by atoms with Crippen molar-refractivity contribution in [2.75, 3.05) is 10.8 Å². The smallest absolute Gasteiger partial charge is 0.264 e. The molecule has 0 saturated carbocycles. The number of aryl methyl sites for hydroxylation is 2. The zero-order valence-electron chi connectivity index (χ0n) is 25.4. The van der Waals surface area contributed by atoms with Gasteiger partial charge in [0.15, 0.2) is 0 Å². The normalized spacial score (nSPS) is 12.0. The molecule has 2 amide bonds. The van der Waals surface area contributed by atoms with Crippen molar-refractivity contribution in [1.82, 2.24) is 10.2 Å². The lowest BCUT2D eigenvalue weighted by molar-refractivity contribution is -0.140. The van der Waals surface area contributed by atoms with Crippen molar-refractivity contribution in [1.29, 1.82) is 0 Å². The van der Waals surface area contributed by atoms with Gasteiger partial charge in [0, 0.05) is 24.6 Å². The first kappa shape index (κ1) is 32.4. The Morgan fingerprint density at radius 1 is 0.818 bits per heavy atom. The van der Waals surface area contributed by atoms with Crippen LogP contribution in [0.1, 0.15) is 36.1 Å². The fourth-order valence-electron chi connectivity index (χ4n) is 5.09. The number of sulfonamides is 1. The number of nitrogens with zero attached hydrogens (tertiary/aromatic N) is 2. The van der Waals surface area contributed by atoms with Gasteiger partial charge >= 0.3 is 0 Å². The summed E-state index contributed by atoms with van der Waals surface area (Å²) in [6, 6.07) is 27.2. The Bertz CT molecular complexity index is 1680. The van der Waals surface area contributed by atoms with Crippen LogP contribution in [0, 0.1) is 19.7 Å². The van der Waals surface area contributed by atoms with Gasteiger partial charge in [-0.25, -0.2) is 12.8 Å². The molecular formula is C35H38FN3O4S. The summed E-state index contributed by atoms with van der Waals surface area (Å²) in [6.45, 7) is 6.49. The Balaban J connectivity index is 1.83. The molecule has 0 heterocycles. The van der Waals surface area contributed by atoms with Crippen LogP contribution in [0.4, 0.5) is 10.1 Å². The van der Waals surface area contributed by atoms with Crippen LogP contribution in [-0.4, -0.2) is 43.8 Å². The number of rotatable bonds is 12. The second kappa shape index (κ2) is 14.3. The average Bonchev–Trinajstić information content (AvgIpc) is 2.98. The first-order chi connectivity index (χ1) is 21.0. The third-order valence-electron chi connectivity index (χ3n) is 7.11. The van der Waals surface area contributed by atoms with Crippen LogP contribution in [-0.2, 0) is 32.6 Å². The summed E-state index contributed by atoms with van der Waals surface area (Å²) in [5.41, 5.74) is 2.96. The third kappa shape index (κ3) is 8.11. The molecule has 0 aliphatic heterocycles. The largest absolute Gasteiger partial charge is 0.352 e. The quantitative estimate of drug-likeness (QED) is 0.218. The maximum atomic E-state index is 15.0. The highest BCUT2D eigenvalue weighted by Gasteiger charge is 2.35. The summed E-state index contributed by atoms with van der Waals surface area (Å²) in [7, 11) is -4.21. The van der Waals surface area contributed by atoms with Crippen LogP contribution in [0.3, 0.4) is 0 Å². The maximum Gasteiger partial charge on any atom is 0.264 e. The van der Waals surface area contributed by atoms with Crippen molar-refractivity contribution < 1.29 is 22.4 Å². The molecule has 4 rings (SSSR count). The summed E-state index contributed by atoms with van der Waals surface area (Å²) < 4.78 is 44.2. The number of benzene rings is 4. The summed E-state index contributed by atoms with van der Waals surface area (Å²) in [5, 5.41) is 2.90. The molecule has 0 bridgehead atoms. The van der Waals surface area contributed by atoms with Crippen molar-refractivity contribution in [3.8, 4) is 0 Å². The number of halogens is 1. The van der Waals surface area contributed by atoms with Crippen molar-refractivity contribution in [2.24, 2.45) is 0 Å². The van der Waals surface area contributed by atoms with E-state index >= 15 is 0 Å². The molecule has 44 heavy (non-hydrogen) atoms. The number of hydrogen-bond acceptors (Lipinski definition) is 4. The number of anilines is 1. The summed E-state index contributed by atoms with van der Waals surface area (Å²) >= 11 is 0. The second-order valence-electron chi connectivity index (χ2n) is 11.2. The van der Waals surface area contributed by atoms with Gasteiger partial charge in [0.05, 0.1) is 10.6 Å². The molecule has 0 spiro atoms. The first-order valence-electron chi connectivity index (χ1n) is 14.5. The molecule has 0 fully saturated rings. The lowest BCUT2D eigenvalue weighted by atomic mass is 10.0. The van der Waals surface area contributed by atoms with Crippen LogP contribution >= 0.6 is 0 Å². The minimum absolute atomic E-state index is 0.0194. The molecule has 4 aromatic rings. The number of nitrogens with one attached hydrogen (secondary N) is 1. The van der Waals surface area contributed by atoms with Gasteiger partial charge in [0.2, 0.25) is 11.8 Å². The zero-order valence-corrected chi connectivity index (χ0v) is 26.2. The zero-order chi connectivity index (χ0) is 31.9. The second-order valence-corrected chi connectivity index (χ2v) is 13.0. The molecule has 230 valence electrons. The van der Waals surface area contributed by atoms with Crippen LogP contribution in [0.25, 0.3) is 0 Å². The molecule has 1 N–H and O–H groups in total. The topological polar surface area (TPSA) is 86.8 Å². The van der Waals surface area contributed by atoms with Gasteiger partial charge in [-0.1, -0.05) is 72.8 Å². The predicted molar refractivity (Wildman–Crippen MR) is 171 cm³/mol. The molecule has 0 radical (unpaired) electrons. The molecule has 9 heteroatoms. The predicted octanol–water partition coefficient (Wildman–Crippen LogP) is 5.80. The van der Waals surface area contributed by atoms with E-state index in [1.807, 2.05) is 64.1 Å². The van der Waals surface area contributed by atoms with E-state index in [0.29, 0.717) is 5.69 Å². The molecule has 0 saturated heterocycles. The number of hydrogen-bond donors (Lipinski definition) is 1. The molecular weight excluding hydrogens is 577 g/mol. The minimum Gasteiger partial charge on any atom is -0.352 e. The minimum atomic E-state index is -4.21. The van der Waals surface area contributed by atoms with E-state index in [9.17, 15) is 22.4 Å². The fourth-order valence-corrected chi connectivity index (χ4v) is 6.51. The lowest BCUT2D eigenvalue weighted by Gasteiger charge is -2.34. The average molecular weight is 616 g/mol.